The van der Waals surface area contributed by atoms with Crippen molar-refractivity contribution in [1.82, 2.24) is 0 Å². The van der Waals surface area contributed by atoms with Gasteiger partial charge in [0.05, 0.1) is 11.4 Å². The van der Waals surface area contributed by atoms with E-state index in [-0.39, 0.29) is 12.5 Å². The van der Waals surface area contributed by atoms with Crippen molar-refractivity contribution in [3.8, 4) is 5.75 Å². The maximum atomic E-state index is 12.4. The zero-order chi connectivity index (χ0) is 15.5. The van der Waals surface area contributed by atoms with E-state index >= 15 is 0 Å². The van der Waals surface area contributed by atoms with Crippen molar-refractivity contribution < 1.29 is 17.9 Å². The summed E-state index contributed by atoms with van der Waals surface area (Å²) >= 11 is 11.6. The molecule has 0 heterocycles. The predicted molar refractivity (Wildman–Crippen MR) is 76.8 cm³/mol. The van der Waals surface area contributed by atoms with Gasteiger partial charge in [-0.15, -0.1) is 11.6 Å². The standard InChI is InChI=1S/C15H11Cl2F3O/c16-8-11-7-13(17)5-6-14(11)21-9-10-1-3-12(4-2-10)15(18,19)20/h1-7H,8-9H2. The lowest BCUT2D eigenvalue weighted by Crippen LogP contribution is -2.05. The van der Waals surface area contributed by atoms with Crippen LogP contribution in [-0.2, 0) is 18.7 Å². The fourth-order valence-electron chi connectivity index (χ4n) is 1.74. The average Bonchev–Trinajstić information content (AvgIpc) is 2.45. The third-order valence-electron chi connectivity index (χ3n) is 2.84. The molecule has 0 bridgehead atoms. The lowest BCUT2D eigenvalue weighted by molar-refractivity contribution is -0.137. The molecule has 0 spiro atoms. The summed E-state index contributed by atoms with van der Waals surface area (Å²) in [7, 11) is 0. The number of alkyl halides is 4. The summed E-state index contributed by atoms with van der Waals surface area (Å²) in [6, 6.07) is 9.88. The summed E-state index contributed by atoms with van der Waals surface area (Å²) < 4.78 is 42.9. The molecular weight excluding hydrogens is 324 g/mol. The van der Waals surface area contributed by atoms with Crippen LogP contribution in [0.15, 0.2) is 42.5 Å². The Balaban J connectivity index is 2.07. The lowest BCUT2D eigenvalue weighted by Gasteiger charge is -2.11. The third-order valence-corrected chi connectivity index (χ3v) is 3.37. The van der Waals surface area contributed by atoms with Crippen LogP contribution in [0.3, 0.4) is 0 Å². The molecule has 2 aromatic carbocycles. The van der Waals surface area contributed by atoms with Crippen LogP contribution in [0, 0.1) is 0 Å². The maximum absolute atomic E-state index is 12.4. The smallest absolute Gasteiger partial charge is 0.416 e. The van der Waals surface area contributed by atoms with Crippen LogP contribution in [0.2, 0.25) is 5.02 Å². The Morgan fingerprint density at radius 2 is 1.67 bits per heavy atom. The molecule has 0 N–H and O–H groups in total. The minimum atomic E-state index is -4.33. The second-order valence-corrected chi connectivity index (χ2v) is 5.07. The minimum Gasteiger partial charge on any atom is -0.489 e. The van der Waals surface area contributed by atoms with Crippen molar-refractivity contribution in [2.24, 2.45) is 0 Å². The zero-order valence-corrected chi connectivity index (χ0v) is 12.3. The molecule has 0 atom stereocenters. The van der Waals surface area contributed by atoms with Crippen LogP contribution >= 0.6 is 23.2 Å². The van der Waals surface area contributed by atoms with E-state index in [9.17, 15) is 13.2 Å². The molecule has 0 amide bonds. The van der Waals surface area contributed by atoms with Gasteiger partial charge < -0.3 is 4.74 Å². The van der Waals surface area contributed by atoms with Crippen molar-refractivity contribution in [3.63, 3.8) is 0 Å². The van der Waals surface area contributed by atoms with Gasteiger partial charge in [0.1, 0.15) is 12.4 Å². The fourth-order valence-corrected chi connectivity index (χ4v) is 2.15. The van der Waals surface area contributed by atoms with Gasteiger partial charge in [0.25, 0.3) is 0 Å². The minimum absolute atomic E-state index is 0.156. The number of rotatable bonds is 4. The SMILES string of the molecule is FC(F)(F)c1ccc(COc2ccc(Cl)cc2CCl)cc1. The molecule has 0 aliphatic carbocycles. The van der Waals surface area contributed by atoms with Gasteiger partial charge in [0.15, 0.2) is 0 Å². The maximum Gasteiger partial charge on any atom is 0.416 e. The molecule has 0 saturated carbocycles. The third kappa shape index (κ3) is 4.29. The Morgan fingerprint density at radius 1 is 1.00 bits per heavy atom. The molecule has 6 heteroatoms. The van der Waals surface area contributed by atoms with Crippen molar-refractivity contribution in [2.75, 3.05) is 0 Å². The topological polar surface area (TPSA) is 9.23 Å². The van der Waals surface area contributed by atoms with Gasteiger partial charge in [0, 0.05) is 10.6 Å². The summed E-state index contributed by atoms with van der Waals surface area (Å²) in [4.78, 5) is 0. The molecule has 0 aliphatic rings. The van der Waals surface area contributed by atoms with Crippen LogP contribution in [0.25, 0.3) is 0 Å². The number of benzene rings is 2. The molecule has 2 aromatic rings. The van der Waals surface area contributed by atoms with Crippen molar-refractivity contribution >= 4 is 23.2 Å². The normalized spacial score (nSPS) is 11.5. The van der Waals surface area contributed by atoms with Gasteiger partial charge in [-0.2, -0.15) is 13.2 Å². The Kier molecular flexibility index (Phi) is 5.01. The molecular formula is C15H11Cl2F3O. The first-order valence-corrected chi connectivity index (χ1v) is 6.94. The number of halogens is 5. The quantitative estimate of drug-likeness (QED) is 0.654. The van der Waals surface area contributed by atoms with E-state index in [0.717, 1.165) is 17.7 Å². The second-order valence-electron chi connectivity index (χ2n) is 4.37. The van der Waals surface area contributed by atoms with E-state index in [2.05, 4.69) is 0 Å². The van der Waals surface area contributed by atoms with Gasteiger partial charge in [-0.25, -0.2) is 0 Å². The van der Waals surface area contributed by atoms with Crippen LogP contribution in [-0.4, -0.2) is 0 Å². The zero-order valence-electron chi connectivity index (χ0n) is 10.8. The summed E-state index contributed by atoms with van der Waals surface area (Å²) in [6.07, 6.45) is -4.33. The Morgan fingerprint density at radius 3 is 2.24 bits per heavy atom. The number of hydrogen-bond acceptors (Lipinski definition) is 1. The molecule has 0 aliphatic heterocycles. The van der Waals surface area contributed by atoms with Crippen LogP contribution < -0.4 is 4.74 Å². The molecule has 0 fully saturated rings. The van der Waals surface area contributed by atoms with Gasteiger partial charge in [-0.1, -0.05) is 23.7 Å². The van der Waals surface area contributed by atoms with Gasteiger partial charge in [-0.05, 0) is 35.9 Å². The molecule has 1 nitrogen and oxygen atoms in total. The van der Waals surface area contributed by atoms with E-state index in [1.807, 2.05) is 0 Å². The van der Waals surface area contributed by atoms with E-state index in [4.69, 9.17) is 27.9 Å². The predicted octanol–water partition coefficient (Wildman–Crippen LogP) is 5.68. The highest BCUT2D eigenvalue weighted by Crippen LogP contribution is 2.29. The molecule has 2 rings (SSSR count). The Labute approximate surface area is 130 Å². The van der Waals surface area contributed by atoms with Crippen molar-refractivity contribution in [1.29, 1.82) is 0 Å². The molecule has 0 saturated heterocycles. The average molecular weight is 335 g/mol. The monoisotopic (exact) mass is 334 g/mol. The summed E-state index contributed by atoms with van der Waals surface area (Å²) in [6.45, 7) is 0.156. The highest BCUT2D eigenvalue weighted by molar-refractivity contribution is 6.30. The molecule has 112 valence electrons. The molecule has 0 radical (unpaired) electrons. The van der Waals surface area contributed by atoms with E-state index in [0.29, 0.717) is 16.3 Å². The van der Waals surface area contributed by atoms with Gasteiger partial charge >= 0.3 is 6.18 Å². The summed E-state index contributed by atoms with van der Waals surface area (Å²) in [5.41, 5.74) is 0.689. The number of ether oxygens (including phenoxy) is 1. The Bertz CT molecular complexity index is 609. The van der Waals surface area contributed by atoms with Gasteiger partial charge in [0.2, 0.25) is 0 Å². The fraction of sp³-hybridized carbons (Fsp3) is 0.200. The largest absolute Gasteiger partial charge is 0.489 e. The highest BCUT2D eigenvalue weighted by atomic mass is 35.5. The van der Waals surface area contributed by atoms with E-state index in [1.54, 1.807) is 18.2 Å². The van der Waals surface area contributed by atoms with Crippen LogP contribution in [0.4, 0.5) is 13.2 Å². The molecule has 0 unspecified atom stereocenters. The number of hydrogen-bond donors (Lipinski definition) is 0. The lowest BCUT2D eigenvalue weighted by atomic mass is 10.1. The molecule has 0 aromatic heterocycles. The van der Waals surface area contributed by atoms with E-state index in [1.165, 1.54) is 12.1 Å². The van der Waals surface area contributed by atoms with E-state index < -0.39 is 11.7 Å². The first-order valence-electron chi connectivity index (χ1n) is 6.03. The first kappa shape index (κ1) is 16.0. The first-order chi connectivity index (χ1) is 9.90. The van der Waals surface area contributed by atoms with Crippen molar-refractivity contribution in [2.45, 2.75) is 18.7 Å². The Hall–Kier alpha value is -1.39. The van der Waals surface area contributed by atoms with Crippen LogP contribution in [0.5, 0.6) is 5.75 Å². The molecule has 21 heavy (non-hydrogen) atoms. The van der Waals surface area contributed by atoms with Crippen molar-refractivity contribution in [3.05, 3.63) is 64.2 Å². The van der Waals surface area contributed by atoms with Gasteiger partial charge in [-0.3, -0.25) is 0 Å². The summed E-state index contributed by atoms with van der Waals surface area (Å²) in [5.74, 6) is 0.803. The highest BCUT2D eigenvalue weighted by Gasteiger charge is 2.29. The summed E-state index contributed by atoms with van der Waals surface area (Å²) in [5, 5.41) is 0.549. The van der Waals surface area contributed by atoms with Crippen LogP contribution in [0.1, 0.15) is 16.7 Å². The second kappa shape index (κ2) is 6.58.